The molecule has 1 rings (SSSR count). The van der Waals surface area contributed by atoms with Crippen LogP contribution < -0.4 is 0 Å². The fraction of sp³-hybridized carbons (Fsp3) is 0.429. The number of hydrogen-bond acceptors (Lipinski definition) is 2. The quantitative estimate of drug-likeness (QED) is 0.529. The first-order valence-corrected chi connectivity index (χ1v) is 2.81. The van der Waals surface area contributed by atoms with Crippen molar-refractivity contribution in [3.8, 4) is 0 Å². The van der Waals surface area contributed by atoms with Crippen molar-refractivity contribution in [3.63, 3.8) is 0 Å². The highest BCUT2D eigenvalue weighted by molar-refractivity contribution is 5.31. The highest BCUT2D eigenvalue weighted by atomic mass is 16.7. The van der Waals surface area contributed by atoms with Crippen LogP contribution in [0.15, 0.2) is 23.7 Å². The Balaban J connectivity index is 2.79. The largest absolute Gasteiger partial charge is 0.469 e. The molecule has 0 aromatic heterocycles. The molecule has 0 unspecified atom stereocenters. The van der Waals surface area contributed by atoms with Crippen molar-refractivity contribution in [2.75, 3.05) is 13.7 Å². The number of rotatable bonds is 1. The zero-order valence-corrected chi connectivity index (χ0v) is 5.73. The third-order valence-electron chi connectivity index (χ3n) is 1.40. The minimum absolute atomic E-state index is 0.578. The van der Waals surface area contributed by atoms with E-state index < -0.39 is 0 Å². The summed E-state index contributed by atoms with van der Waals surface area (Å²) in [7, 11) is 1.59. The summed E-state index contributed by atoms with van der Waals surface area (Å²) in [4.78, 5) is 0. The lowest BCUT2D eigenvalue weighted by Crippen LogP contribution is -1.86. The molecule has 1 aliphatic rings. The van der Waals surface area contributed by atoms with Crippen molar-refractivity contribution in [1.82, 2.24) is 0 Å². The maximum atomic E-state index is 5.08. The van der Waals surface area contributed by atoms with Gasteiger partial charge in [-0.25, -0.2) is 0 Å². The molecule has 9 heavy (non-hydrogen) atoms. The lowest BCUT2D eigenvalue weighted by Gasteiger charge is -1.98. The number of hydrogen-bond donors (Lipinski definition) is 0. The molecule has 0 saturated heterocycles. The van der Waals surface area contributed by atoms with E-state index in [4.69, 9.17) is 9.47 Å². The molecule has 0 amide bonds. The number of methoxy groups -OCH3 is 1. The van der Waals surface area contributed by atoms with Crippen LogP contribution in [0, 0.1) is 0 Å². The molecule has 0 atom stereocenters. The monoisotopic (exact) mass is 126 g/mol. The van der Waals surface area contributed by atoms with Crippen molar-refractivity contribution in [2.45, 2.75) is 6.92 Å². The molecule has 0 aliphatic carbocycles. The van der Waals surface area contributed by atoms with E-state index in [1.54, 1.807) is 7.11 Å². The van der Waals surface area contributed by atoms with Gasteiger partial charge in [-0.3, -0.25) is 0 Å². The van der Waals surface area contributed by atoms with Gasteiger partial charge in [0.25, 0.3) is 5.95 Å². The second-order valence-electron chi connectivity index (χ2n) is 2.01. The van der Waals surface area contributed by atoms with E-state index in [0.717, 1.165) is 11.1 Å². The van der Waals surface area contributed by atoms with E-state index in [0.29, 0.717) is 12.6 Å². The number of ether oxygens (including phenoxy) is 2. The Morgan fingerprint density at radius 3 is 2.56 bits per heavy atom. The zero-order valence-electron chi connectivity index (χ0n) is 5.73. The van der Waals surface area contributed by atoms with Gasteiger partial charge in [-0.15, -0.1) is 0 Å². The molecule has 2 heteroatoms. The minimum atomic E-state index is 0.578. The van der Waals surface area contributed by atoms with Gasteiger partial charge in [0.15, 0.2) is 0 Å². The predicted octanol–water partition coefficient (Wildman–Crippen LogP) is 1.45. The third-order valence-corrected chi connectivity index (χ3v) is 1.40. The maximum absolute atomic E-state index is 5.08. The zero-order chi connectivity index (χ0) is 6.85. The van der Waals surface area contributed by atoms with Crippen LogP contribution in [-0.4, -0.2) is 13.7 Å². The van der Waals surface area contributed by atoms with Crippen molar-refractivity contribution in [3.05, 3.63) is 23.7 Å². The summed E-state index contributed by atoms with van der Waals surface area (Å²) in [6.07, 6.45) is 0. The molecule has 0 aromatic carbocycles. The van der Waals surface area contributed by atoms with E-state index >= 15 is 0 Å². The van der Waals surface area contributed by atoms with Crippen LogP contribution in [-0.2, 0) is 9.47 Å². The molecule has 0 saturated carbocycles. The standard InChI is InChI=1S/C7H10O2/c1-5-4-9-7(8-3)6(5)2/h1,4H2,2-3H3. The Kier molecular flexibility index (Phi) is 1.47. The first-order chi connectivity index (χ1) is 4.25. The molecule has 0 radical (unpaired) electrons. The van der Waals surface area contributed by atoms with Gasteiger partial charge in [0, 0.05) is 5.57 Å². The lowest BCUT2D eigenvalue weighted by atomic mass is 10.2. The second kappa shape index (κ2) is 2.13. The molecule has 2 nitrogen and oxygen atoms in total. The molecular weight excluding hydrogens is 116 g/mol. The second-order valence-corrected chi connectivity index (χ2v) is 2.01. The van der Waals surface area contributed by atoms with Crippen molar-refractivity contribution in [2.24, 2.45) is 0 Å². The van der Waals surface area contributed by atoms with Gasteiger partial charge < -0.3 is 9.47 Å². The van der Waals surface area contributed by atoms with E-state index in [2.05, 4.69) is 6.58 Å². The van der Waals surface area contributed by atoms with E-state index in [1.807, 2.05) is 6.92 Å². The highest BCUT2D eigenvalue weighted by Crippen LogP contribution is 2.22. The van der Waals surface area contributed by atoms with E-state index in [1.165, 1.54) is 0 Å². The van der Waals surface area contributed by atoms with Gasteiger partial charge in [0.1, 0.15) is 6.61 Å². The Bertz CT molecular complexity index is 168. The third kappa shape index (κ3) is 0.922. The summed E-state index contributed by atoms with van der Waals surface area (Å²) in [5.41, 5.74) is 2.03. The lowest BCUT2D eigenvalue weighted by molar-refractivity contribution is 0.0866. The average Bonchev–Trinajstić information content (AvgIpc) is 2.15. The summed E-state index contributed by atoms with van der Waals surface area (Å²) in [5.74, 6) is 0.611. The summed E-state index contributed by atoms with van der Waals surface area (Å²) < 4.78 is 9.97. The van der Waals surface area contributed by atoms with Crippen LogP contribution in [0.4, 0.5) is 0 Å². The Labute approximate surface area is 54.8 Å². The molecule has 0 bridgehead atoms. The van der Waals surface area contributed by atoms with Gasteiger partial charge in [-0.05, 0) is 12.5 Å². The van der Waals surface area contributed by atoms with Crippen LogP contribution in [0.25, 0.3) is 0 Å². The van der Waals surface area contributed by atoms with Crippen molar-refractivity contribution >= 4 is 0 Å². The topological polar surface area (TPSA) is 18.5 Å². The fourth-order valence-corrected chi connectivity index (χ4v) is 0.726. The summed E-state index contributed by atoms with van der Waals surface area (Å²) in [6, 6.07) is 0. The molecule has 1 heterocycles. The predicted molar refractivity (Wildman–Crippen MR) is 34.8 cm³/mol. The maximum Gasteiger partial charge on any atom is 0.282 e. The van der Waals surface area contributed by atoms with Gasteiger partial charge in [0.2, 0.25) is 0 Å². The van der Waals surface area contributed by atoms with Crippen LogP contribution in [0.5, 0.6) is 0 Å². The van der Waals surface area contributed by atoms with Crippen molar-refractivity contribution in [1.29, 1.82) is 0 Å². The molecule has 0 N–H and O–H groups in total. The van der Waals surface area contributed by atoms with Crippen LogP contribution >= 0.6 is 0 Å². The fourth-order valence-electron chi connectivity index (χ4n) is 0.726. The molecule has 0 fully saturated rings. The first kappa shape index (κ1) is 6.20. The first-order valence-electron chi connectivity index (χ1n) is 2.81. The molecule has 0 aromatic rings. The summed E-state index contributed by atoms with van der Waals surface area (Å²) >= 11 is 0. The highest BCUT2D eigenvalue weighted by Gasteiger charge is 2.15. The van der Waals surface area contributed by atoms with Gasteiger partial charge in [0.05, 0.1) is 7.11 Å². The van der Waals surface area contributed by atoms with Gasteiger partial charge in [-0.2, -0.15) is 0 Å². The summed E-state index contributed by atoms with van der Waals surface area (Å²) in [5, 5.41) is 0. The summed E-state index contributed by atoms with van der Waals surface area (Å²) in [6.45, 7) is 6.29. The van der Waals surface area contributed by atoms with Crippen LogP contribution in [0.1, 0.15) is 6.92 Å². The molecule has 0 spiro atoms. The Morgan fingerprint density at radius 1 is 1.67 bits per heavy atom. The van der Waals surface area contributed by atoms with E-state index in [9.17, 15) is 0 Å². The van der Waals surface area contributed by atoms with E-state index in [-0.39, 0.29) is 0 Å². The van der Waals surface area contributed by atoms with Crippen LogP contribution in [0.3, 0.4) is 0 Å². The molecular formula is C7H10O2. The average molecular weight is 126 g/mol. The molecule has 1 aliphatic heterocycles. The smallest absolute Gasteiger partial charge is 0.282 e. The normalized spacial score (nSPS) is 18.2. The molecule has 50 valence electrons. The SMILES string of the molecule is C=C1COC(OC)=C1C. The minimum Gasteiger partial charge on any atom is -0.469 e. The van der Waals surface area contributed by atoms with Gasteiger partial charge >= 0.3 is 0 Å². The Morgan fingerprint density at radius 2 is 2.33 bits per heavy atom. The van der Waals surface area contributed by atoms with Crippen LogP contribution in [0.2, 0.25) is 0 Å². The van der Waals surface area contributed by atoms with Gasteiger partial charge in [-0.1, -0.05) is 6.58 Å². The van der Waals surface area contributed by atoms with Crippen molar-refractivity contribution < 1.29 is 9.47 Å². The Hall–Kier alpha value is -0.920.